The van der Waals surface area contributed by atoms with Gasteiger partial charge < -0.3 is 5.32 Å². The van der Waals surface area contributed by atoms with Gasteiger partial charge >= 0.3 is 6.18 Å². The summed E-state index contributed by atoms with van der Waals surface area (Å²) in [7, 11) is 0. The van der Waals surface area contributed by atoms with Gasteiger partial charge in [-0.2, -0.15) is 13.2 Å². The quantitative estimate of drug-likeness (QED) is 0.686. The van der Waals surface area contributed by atoms with Crippen LogP contribution in [0.15, 0.2) is 0 Å². The molecule has 1 rings (SSSR count). The van der Waals surface area contributed by atoms with E-state index in [1.165, 1.54) is 0 Å². The lowest BCUT2D eigenvalue weighted by Crippen LogP contribution is -2.20. The molecule has 2 nitrogen and oxygen atoms in total. The molecule has 0 aromatic heterocycles. The summed E-state index contributed by atoms with van der Waals surface area (Å²) in [5, 5.41) is 2.50. The van der Waals surface area contributed by atoms with Gasteiger partial charge in [-0.25, -0.2) is 0 Å². The highest BCUT2D eigenvalue weighted by atomic mass is 19.4. The number of amides is 1. The monoisotopic (exact) mass is 181 g/mol. The number of carbonyl (C=O) groups is 1. The zero-order valence-electron chi connectivity index (χ0n) is 6.45. The predicted octanol–water partition coefficient (Wildman–Crippen LogP) is 1.47. The van der Waals surface area contributed by atoms with E-state index in [9.17, 15) is 18.0 Å². The fourth-order valence-corrected chi connectivity index (χ4v) is 1.26. The minimum absolute atomic E-state index is 0.0741. The average Bonchev–Trinajstić information content (AvgIpc) is 2.29. The van der Waals surface area contributed by atoms with Crippen molar-refractivity contribution in [1.29, 1.82) is 0 Å². The Labute approximate surface area is 68.1 Å². The van der Waals surface area contributed by atoms with Crippen molar-refractivity contribution in [1.82, 2.24) is 5.32 Å². The number of carbonyl (C=O) groups excluding carboxylic acids is 1. The van der Waals surface area contributed by atoms with Crippen LogP contribution in [0.25, 0.3) is 0 Å². The lowest BCUT2D eigenvalue weighted by atomic mass is 10.0. The molecule has 12 heavy (non-hydrogen) atoms. The summed E-state index contributed by atoms with van der Waals surface area (Å²) in [4.78, 5) is 10.8. The molecule has 70 valence electrons. The minimum Gasteiger partial charge on any atom is -0.356 e. The number of alkyl halides is 3. The van der Waals surface area contributed by atoms with Crippen LogP contribution in [0.4, 0.5) is 13.2 Å². The van der Waals surface area contributed by atoms with E-state index in [4.69, 9.17) is 0 Å². The Morgan fingerprint density at radius 1 is 1.50 bits per heavy atom. The molecule has 0 aromatic carbocycles. The third kappa shape index (κ3) is 2.71. The first-order valence-electron chi connectivity index (χ1n) is 3.83. The second-order valence-corrected chi connectivity index (χ2v) is 2.93. The van der Waals surface area contributed by atoms with Crippen LogP contribution in [0.3, 0.4) is 0 Å². The maximum absolute atomic E-state index is 11.7. The normalized spacial score (nSPS) is 24.2. The van der Waals surface area contributed by atoms with Crippen molar-refractivity contribution in [2.45, 2.75) is 25.4 Å². The van der Waals surface area contributed by atoms with Crippen LogP contribution in [0.2, 0.25) is 0 Å². The van der Waals surface area contributed by atoms with E-state index >= 15 is 0 Å². The molecule has 1 aliphatic heterocycles. The van der Waals surface area contributed by atoms with E-state index in [-0.39, 0.29) is 12.3 Å². The molecule has 0 saturated carbocycles. The van der Waals surface area contributed by atoms with E-state index in [0.717, 1.165) is 0 Å². The zero-order valence-corrected chi connectivity index (χ0v) is 6.45. The summed E-state index contributed by atoms with van der Waals surface area (Å²) in [6.45, 7) is 0.515. The molecule has 1 aliphatic rings. The third-order valence-electron chi connectivity index (χ3n) is 1.94. The highest BCUT2D eigenvalue weighted by molar-refractivity contribution is 5.80. The minimum atomic E-state index is -4.14. The molecule has 5 heteroatoms. The summed E-state index contributed by atoms with van der Waals surface area (Å²) in [6, 6.07) is 0. The fraction of sp³-hybridized carbons (Fsp3) is 0.857. The van der Waals surface area contributed by atoms with Crippen molar-refractivity contribution in [3.63, 3.8) is 0 Å². The Bertz CT molecular complexity index is 178. The fourth-order valence-electron chi connectivity index (χ4n) is 1.26. The molecule has 1 atom stereocenters. The van der Waals surface area contributed by atoms with Crippen molar-refractivity contribution >= 4 is 5.91 Å². The maximum atomic E-state index is 11.7. The number of rotatable bonds is 2. The van der Waals surface area contributed by atoms with Gasteiger partial charge in [-0.15, -0.1) is 0 Å². The molecule has 1 unspecified atom stereocenters. The molecule has 1 saturated heterocycles. The molecule has 1 heterocycles. The molecule has 0 bridgehead atoms. The van der Waals surface area contributed by atoms with E-state index < -0.39 is 18.5 Å². The Morgan fingerprint density at radius 2 is 2.17 bits per heavy atom. The van der Waals surface area contributed by atoms with Crippen LogP contribution in [0.1, 0.15) is 19.3 Å². The van der Waals surface area contributed by atoms with Crippen molar-refractivity contribution in [2.75, 3.05) is 6.54 Å². The van der Waals surface area contributed by atoms with Crippen LogP contribution in [0.5, 0.6) is 0 Å². The summed E-state index contributed by atoms with van der Waals surface area (Å²) in [5.41, 5.74) is 0. The second-order valence-electron chi connectivity index (χ2n) is 2.93. The zero-order chi connectivity index (χ0) is 9.19. The topological polar surface area (TPSA) is 29.1 Å². The number of halogens is 3. The van der Waals surface area contributed by atoms with Crippen LogP contribution in [0, 0.1) is 5.92 Å². The number of nitrogens with one attached hydrogen (secondary N) is 1. The highest BCUT2D eigenvalue weighted by Crippen LogP contribution is 2.26. The summed E-state index contributed by atoms with van der Waals surface area (Å²) < 4.78 is 35.1. The highest BCUT2D eigenvalue weighted by Gasteiger charge is 2.32. The Balaban J connectivity index is 2.27. The Hall–Kier alpha value is -0.740. The Morgan fingerprint density at radius 3 is 2.58 bits per heavy atom. The van der Waals surface area contributed by atoms with Crippen LogP contribution < -0.4 is 5.32 Å². The van der Waals surface area contributed by atoms with Crippen molar-refractivity contribution in [3.05, 3.63) is 0 Å². The van der Waals surface area contributed by atoms with Gasteiger partial charge in [-0.3, -0.25) is 4.79 Å². The smallest absolute Gasteiger partial charge is 0.356 e. The summed E-state index contributed by atoms with van der Waals surface area (Å²) >= 11 is 0. The van der Waals surface area contributed by atoms with Gasteiger partial charge in [-0.1, -0.05) is 0 Å². The van der Waals surface area contributed by atoms with Gasteiger partial charge in [0.2, 0.25) is 5.91 Å². The van der Waals surface area contributed by atoms with Crippen molar-refractivity contribution in [3.8, 4) is 0 Å². The van der Waals surface area contributed by atoms with Crippen molar-refractivity contribution < 1.29 is 18.0 Å². The second kappa shape index (κ2) is 3.33. The number of hydrogen-bond donors (Lipinski definition) is 1. The summed E-state index contributed by atoms with van der Waals surface area (Å²) in [6.07, 6.45) is -4.53. The first-order valence-corrected chi connectivity index (χ1v) is 3.83. The lowest BCUT2D eigenvalue weighted by molar-refractivity contribution is -0.139. The van der Waals surface area contributed by atoms with Gasteiger partial charge in [0.15, 0.2) is 0 Å². The Kier molecular flexibility index (Phi) is 2.59. The van der Waals surface area contributed by atoms with Gasteiger partial charge in [0.25, 0.3) is 0 Å². The van der Waals surface area contributed by atoms with E-state index in [0.29, 0.717) is 13.0 Å². The van der Waals surface area contributed by atoms with Gasteiger partial charge in [-0.05, 0) is 12.8 Å². The average molecular weight is 181 g/mol. The van der Waals surface area contributed by atoms with Gasteiger partial charge in [0.05, 0.1) is 0 Å². The lowest BCUT2D eigenvalue weighted by Gasteiger charge is -2.08. The standard InChI is InChI=1S/C7H10F3NO/c8-7(9,10)3-1-5-2-4-11-6(5)12/h5H,1-4H2,(H,11,12). The van der Waals surface area contributed by atoms with Crippen LogP contribution >= 0.6 is 0 Å². The van der Waals surface area contributed by atoms with Gasteiger partial charge in [0.1, 0.15) is 0 Å². The molecule has 1 N–H and O–H groups in total. The number of hydrogen-bond acceptors (Lipinski definition) is 1. The summed E-state index contributed by atoms with van der Waals surface area (Å²) in [5.74, 6) is -0.661. The molecule has 0 aliphatic carbocycles. The van der Waals surface area contributed by atoms with E-state index in [1.54, 1.807) is 0 Å². The molecule has 0 radical (unpaired) electrons. The molecule has 0 aromatic rings. The molecular formula is C7H10F3NO. The SMILES string of the molecule is O=C1NCCC1CCC(F)(F)F. The first-order chi connectivity index (χ1) is 5.49. The molecule has 0 spiro atoms. The molecular weight excluding hydrogens is 171 g/mol. The largest absolute Gasteiger partial charge is 0.389 e. The third-order valence-corrected chi connectivity index (χ3v) is 1.94. The van der Waals surface area contributed by atoms with E-state index in [2.05, 4.69) is 5.32 Å². The van der Waals surface area contributed by atoms with Crippen LogP contribution in [-0.4, -0.2) is 18.6 Å². The van der Waals surface area contributed by atoms with Gasteiger partial charge in [0, 0.05) is 18.9 Å². The predicted molar refractivity (Wildman–Crippen MR) is 36.4 cm³/mol. The van der Waals surface area contributed by atoms with Crippen LogP contribution in [-0.2, 0) is 4.79 Å². The maximum Gasteiger partial charge on any atom is 0.389 e. The van der Waals surface area contributed by atoms with E-state index in [1.807, 2.05) is 0 Å². The molecule has 1 amide bonds. The molecule has 1 fully saturated rings. The first kappa shape index (κ1) is 9.35. The van der Waals surface area contributed by atoms with Crippen molar-refractivity contribution in [2.24, 2.45) is 5.92 Å².